The lowest BCUT2D eigenvalue weighted by Crippen LogP contribution is -1.93. The van der Waals surface area contributed by atoms with Crippen molar-refractivity contribution in [1.82, 2.24) is 4.98 Å². The van der Waals surface area contributed by atoms with E-state index in [1.54, 1.807) is 12.3 Å². The van der Waals surface area contributed by atoms with E-state index in [0.29, 0.717) is 0 Å². The Morgan fingerprint density at radius 1 is 1.29 bits per heavy atom. The Bertz CT molecular complexity index is 560. The summed E-state index contributed by atoms with van der Waals surface area (Å²) in [5.41, 5.74) is 0.895. The molecule has 0 saturated heterocycles. The molecule has 1 aromatic carbocycles. The van der Waals surface area contributed by atoms with Gasteiger partial charge in [0, 0.05) is 16.7 Å². The Balaban J connectivity index is 2.31. The van der Waals surface area contributed by atoms with Crippen molar-refractivity contribution in [2.75, 3.05) is 0 Å². The van der Waals surface area contributed by atoms with Crippen LogP contribution in [0.25, 0.3) is 0 Å². The van der Waals surface area contributed by atoms with Gasteiger partial charge in [0.2, 0.25) is 11.7 Å². The number of aromatic nitrogens is 1. The molecular weight excluding hydrogens is 292 g/mol. The summed E-state index contributed by atoms with van der Waals surface area (Å²) in [5, 5.41) is 0. The maximum atomic E-state index is 13.3. The zero-order valence-electron chi connectivity index (χ0n) is 8.88. The van der Waals surface area contributed by atoms with Gasteiger partial charge in [-0.15, -0.1) is 0 Å². The standard InChI is InChI=1S/C12H8BrF2NO/c1-7-5-11(16-6-8(7)13)17-10-4-2-3-9(14)12(10)15/h2-6H,1H3. The molecule has 5 heteroatoms. The topological polar surface area (TPSA) is 22.1 Å². The highest BCUT2D eigenvalue weighted by molar-refractivity contribution is 9.10. The van der Waals surface area contributed by atoms with Gasteiger partial charge in [-0.25, -0.2) is 9.37 Å². The van der Waals surface area contributed by atoms with Crippen molar-refractivity contribution in [3.63, 3.8) is 0 Å². The van der Waals surface area contributed by atoms with Crippen molar-refractivity contribution in [2.45, 2.75) is 6.92 Å². The number of nitrogens with zero attached hydrogens (tertiary/aromatic N) is 1. The number of pyridine rings is 1. The second-order valence-electron chi connectivity index (χ2n) is 3.43. The predicted octanol–water partition coefficient (Wildman–Crippen LogP) is 4.22. The number of hydrogen-bond donors (Lipinski definition) is 0. The van der Waals surface area contributed by atoms with Crippen LogP contribution < -0.4 is 4.74 Å². The molecule has 0 unspecified atom stereocenters. The first-order valence-electron chi connectivity index (χ1n) is 4.82. The molecule has 17 heavy (non-hydrogen) atoms. The Kier molecular flexibility index (Phi) is 3.38. The summed E-state index contributed by atoms with van der Waals surface area (Å²) in [6.07, 6.45) is 1.54. The van der Waals surface area contributed by atoms with Crippen LogP contribution in [0.2, 0.25) is 0 Å². The van der Waals surface area contributed by atoms with Gasteiger partial charge < -0.3 is 4.74 Å². The van der Waals surface area contributed by atoms with Gasteiger partial charge in [-0.1, -0.05) is 6.07 Å². The Labute approximate surface area is 105 Å². The number of ether oxygens (including phenoxy) is 1. The monoisotopic (exact) mass is 299 g/mol. The first kappa shape index (κ1) is 12.0. The average Bonchev–Trinajstić information content (AvgIpc) is 2.30. The molecule has 88 valence electrons. The molecule has 0 bridgehead atoms. The van der Waals surface area contributed by atoms with Gasteiger partial charge in [-0.3, -0.25) is 0 Å². The fourth-order valence-corrected chi connectivity index (χ4v) is 1.46. The van der Waals surface area contributed by atoms with Gasteiger partial charge in [0.05, 0.1) is 0 Å². The van der Waals surface area contributed by atoms with Crippen molar-refractivity contribution >= 4 is 15.9 Å². The molecule has 0 atom stereocenters. The third-order valence-electron chi connectivity index (χ3n) is 2.15. The highest BCUT2D eigenvalue weighted by Crippen LogP contribution is 2.26. The van der Waals surface area contributed by atoms with Crippen molar-refractivity contribution in [2.24, 2.45) is 0 Å². The zero-order valence-corrected chi connectivity index (χ0v) is 10.5. The van der Waals surface area contributed by atoms with Crippen LogP contribution in [0.5, 0.6) is 11.6 Å². The molecular formula is C12H8BrF2NO. The number of halogens is 3. The Morgan fingerprint density at radius 3 is 2.76 bits per heavy atom. The second kappa shape index (κ2) is 4.79. The lowest BCUT2D eigenvalue weighted by atomic mass is 10.3. The Morgan fingerprint density at radius 2 is 2.06 bits per heavy atom. The van der Waals surface area contributed by atoms with Crippen LogP contribution in [0, 0.1) is 18.6 Å². The molecule has 1 heterocycles. The van der Waals surface area contributed by atoms with Crippen LogP contribution in [-0.2, 0) is 0 Å². The molecule has 0 aliphatic heterocycles. The smallest absolute Gasteiger partial charge is 0.219 e. The van der Waals surface area contributed by atoms with Gasteiger partial charge in [0.25, 0.3) is 0 Å². The molecule has 0 fully saturated rings. The number of aryl methyl sites for hydroxylation is 1. The summed E-state index contributed by atoms with van der Waals surface area (Å²) in [5.74, 6) is -1.93. The maximum absolute atomic E-state index is 13.3. The lowest BCUT2D eigenvalue weighted by molar-refractivity contribution is 0.405. The SMILES string of the molecule is Cc1cc(Oc2cccc(F)c2F)ncc1Br. The predicted molar refractivity (Wildman–Crippen MR) is 63.1 cm³/mol. The summed E-state index contributed by atoms with van der Waals surface area (Å²) in [6, 6.07) is 5.38. The molecule has 0 radical (unpaired) electrons. The third-order valence-corrected chi connectivity index (χ3v) is 2.98. The van der Waals surface area contributed by atoms with E-state index in [9.17, 15) is 8.78 Å². The van der Waals surface area contributed by atoms with E-state index in [4.69, 9.17) is 4.74 Å². The third kappa shape index (κ3) is 2.61. The van der Waals surface area contributed by atoms with Crippen LogP contribution >= 0.6 is 15.9 Å². The normalized spacial score (nSPS) is 10.4. The zero-order chi connectivity index (χ0) is 12.4. The molecule has 1 aromatic heterocycles. The van der Waals surface area contributed by atoms with E-state index in [2.05, 4.69) is 20.9 Å². The van der Waals surface area contributed by atoms with E-state index < -0.39 is 11.6 Å². The molecule has 0 spiro atoms. The summed E-state index contributed by atoms with van der Waals surface area (Å²) >= 11 is 3.29. The molecule has 2 aromatic rings. The summed E-state index contributed by atoms with van der Waals surface area (Å²) in [4.78, 5) is 3.95. The van der Waals surface area contributed by atoms with Gasteiger partial charge >= 0.3 is 0 Å². The van der Waals surface area contributed by atoms with Crippen LogP contribution in [0.15, 0.2) is 34.9 Å². The lowest BCUT2D eigenvalue weighted by Gasteiger charge is -2.07. The minimum absolute atomic E-state index is 0.181. The summed E-state index contributed by atoms with van der Waals surface area (Å²) in [7, 11) is 0. The minimum Gasteiger partial charge on any atom is -0.436 e. The van der Waals surface area contributed by atoms with E-state index >= 15 is 0 Å². The molecule has 0 amide bonds. The fourth-order valence-electron chi connectivity index (χ4n) is 1.24. The molecule has 0 aliphatic carbocycles. The summed E-state index contributed by atoms with van der Waals surface area (Å²) in [6.45, 7) is 1.85. The van der Waals surface area contributed by atoms with Gasteiger partial charge in [0.1, 0.15) is 0 Å². The average molecular weight is 300 g/mol. The maximum Gasteiger partial charge on any atom is 0.219 e. The summed E-state index contributed by atoms with van der Waals surface area (Å²) < 4.78 is 32.3. The van der Waals surface area contributed by atoms with Crippen molar-refractivity contribution in [3.05, 3.63) is 52.1 Å². The number of hydrogen-bond acceptors (Lipinski definition) is 2. The van der Waals surface area contributed by atoms with E-state index in [1.807, 2.05) is 6.92 Å². The van der Waals surface area contributed by atoms with Crippen molar-refractivity contribution in [1.29, 1.82) is 0 Å². The van der Waals surface area contributed by atoms with Crippen molar-refractivity contribution in [3.8, 4) is 11.6 Å². The molecule has 0 aliphatic rings. The second-order valence-corrected chi connectivity index (χ2v) is 4.28. The van der Waals surface area contributed by atoms with Crippen molar-refractivity contribution < 1.29 is 13.5 Å². The van der Waals surface area contributed by atoms with Crippen LogP contribution in [-0.4, -0.2) is 4.98 Å². The van der Waals surface area contributed by atoms with Gasteiger partial charge in [-0.05, 0) is 40.5 Å². The van der Waals surface area contributed by atoms with Gasteiger partial charge in [-0.2, -0.15) is 4.39 Å². The molecule has 0 saturated carbocycles. The Hall–Kier alpha value is -1.49. The first-order valence-corrected chi connectivity index (χ1v) is 5.61. The largest absolute Gasteiger partial charge is 0.436 e. The van der Waals surface area contributed by atoms with Gasteiger partial charge in [0.15, 0.2) is 11.6 Å². The van der Waals surface area contributed by atoms with E-state index in [0.717, 1.165) is 16.1 Å². The highest BCUT2D eigenvalue weighted by atomic mass is 79.9. The number of benzene rings is 1. The van der Waals surface area contributed by atoms with Crippen LogP contribution in [0.4, 0.5) is 8.78 Å². The fraction of sp³-hybridized carbons (Fsp3) is 0.0833. The number of rotatable bonds is 2. The van der Waals surface area contributed by atoms with E-state index in [1.165, 1.54) is 12.1 Å². The minimum atomic E-state index is -1.02. The molecule has 2 nitrogen and oxygen atoms in total. The first-order chi connectivity index (χ1) is 8.08. The quantitative estimate of drug-likeness (QED) is 0.828. The highest BCUT2D eigenvalue weighted by Gasteiger charge is 2.10. The van der Waals surface area contributed by atoms with Crippen LogP contribution in [0.1, 0.15) is 5.56 Å². The van der Waals surface area contributed by atoms with Crippen LogP contribution in [0.3, 0.4) is 0 Å². The van der Waals surface area contributed by atoms with E-state index in [-0.39, 0.29) is 11.6 Å². The molecule has 0 N–H and O–H groups in total. The molecule has 2 rings (SSSR count).